The Morgan fingerprint density at radius 2 is 1.24 bits per heavy atom. The summed E-state index contributed by atoms with van der Waals surface area (Å²) in [4.78, 5) is 25.1. The van der Waals surface area contributed by atoms with Gasteiger partial charge in [-0.3, -0.25) is 0 Å². The summed E-state index contributed by atoms with van der Waals surface area (Å²) in [5.74, 6) is -0.0270. The van der Waals surface area contributed by atoms with Gasteiger partial charge in [0.05, 0.1) is 0 Å². The van der Waals surface area contributed by atoms with Crippen molar-refractivity contribution in [2.24, 2.45) is 0 Å². The molecule has 0 radical (unpaired) electrons. The maximum atomic E-state index is 12.6. The van der Waals surface area contributed by atoms with Crippen molar-refractivity contribution in [3.63, 3.8) is 0 Å². The van der Waals surface area contributed by atoms with Gasteiger partial charge in [0.2, 0.25) is 0 Å². The molecule has 4 heteroatoms. The molecule has 0 fully saturated rings. The minimum atomic E-state index is -0.487. The molecule has 0 N–H and O–H groups in total. The topological polar surface area (TPSA) is 52.6 Å². The molecule has 3 aromatic rings. The molecule has 0 saturated heterocycles. The number of hydrogen-bond donors (Lipinski definition) is 0. The Balaban J connectivity index is 2.18. The average Bonchev–Trinajstić information content (AvgIpc) is 2.82. The third kappa shape index (κ3) is 5.74. The highest BCUT2D eigenvalue weighted by atomic mass is 16.5. The Kier molecular flexibility index (Phi) is 8.64. The standard InChI is InChI=1S/C30H34O4/c1-6-7-8-9-10-11-15-22-16-14-19-25-26(22)28(34-30(32)21(4)5)24-18-13-12-17-23(24)27(25)33-29(31)20(2)3/h12-14,16-19H,2,4,6-11,15H2,1,3,5H3. The van der Waals surface area contributed by atoms with E-state index in [1.165, 1.54) is 25.7 Å². The summed E-state index contributed by atoms with van der Waals surface area (Å²) < 4.78 is 11.8. The average molecular weight is 459 g/mol. The smallest absolute Gasteiger partial charge is 0.338 e. The van der Waals surface area contributed by atoms with Crippen molar-refractivity contribution >= 4 is 33.5 Å². The van der Waals surface area contributed by atoms with E-state index < -0.39 is 11.9 Å². The van der Waals surface area contributed by atoms with Crippen LogP contribution >= 0.6 is 0 Å². The molecule has 0 spiro atoms. The van der Waals surface area contributed by atoms with Crippen molar-refractivity contribution in [1.29, 1.82) is 0 Å². The maximum absolute atomic E-state index is 12.6. The number of rotatable bonds is 11. The van der Waals surface area contributed by atoms with E-state index in [4.69, 9.17) is 9.47 Å². The monoisotopic (exact) mass is 458 g/mol. The van der Waals surface area contributed by atoms with Crippen LogP contribution in [0.15, 0.2) is 66.8 Å². The van der Waals surface area contributed by atoms with Gasteiger partial charge in [-0.2, -0.15) is 0 Å². The normalized spacial score (nSPS) is 10.9. The highest BCUT2D eigenvalue weighted by molar-refractivity contribution is 6.14. The molecular formula is C30H34O4. The van der Waals surface area contributed by atoms with E-state index in [0.717, 1.165) is 35.6 Å². The quantitative estimate of drug-likeness (QED) is 0.0965. The van der Waals surface area contributed by atoms with E-state index >= 15 is 0 Å². The fourth-order valence-electron chi connectivity index (χ4n) is 4.10. The van der Waals surface area contributed by atoms with Crippen LogP contribution in [0.1, 0.15) is 64.9 Å². The molecular weight excluding hydrogens is 424 g/mol. The molecule has 0 unspecified atom stereocenters. The molecule has 0 heterocycles. The van der Waals surface area contributed by atoms with Crippen LogP contribution in [0.4, 0.5) is 0 Å². The second-order valence-electron chi connectivity index (χ2n) is 8.90. The summed E-state index contributed by atoms with van der Waals surface area (Å²) in [6.45, 7) is 12.9. The van der Waals surface area contributed by atoms with Crippen LogP contribution in [0, 0.1) is 0 Å². The number of esters is 2. The molecule has 0 bridgehead atoms. The zero-order chi connectivity index (χ0) is 24.7. The number of benzene rings is 3. The minimum Gasteiger partial charge on any atom is -0.422 e. The highest BCUT2D eigenvalue weighted by Crippen LogP contribution is 2.45. The van der Waals surface area contributed by atoms with Gasteiger partial charge in [0.25, 0.3) is 0 Å². The Hall–Kier alpha value is -3.40. The summed E-state index contributed by atoms with van der Waals surface area (Å²) in [5, 5.41) is 2.95. The Labute approximate surface area is 202 Å². The van der Waals surface area contributed by atoms with E-state index in [-0.39, 0.29) is 0 Å². The molecule has 34 heavy (non-hydrogen) atoms. The number of aryl methyl sites for hydroxylation is 1. The van der Waals surface area contributed by atoms with Crippen molar-refractivity contribution in [2.45, 2.75) is 65.7 Å². The van der Waals surface area contributed by atoms with E-state index in [0.29, 0.717) is 33.4 Å². The van der Waals surface area contributed by atoms with Gasteiger partial charge < -0.3 is 9.47 Å². The zero-order valence-corrected chi connectivity index (χ0v) is 20.5. The predicted octanol–water partition coefficient (Wildman–Crippen LogP) is 7.86. The fraction of sp³-hybridized carbons (Fsp3) is 0.333. The van der Waals surface area contributed by atoms with Gasteiger partial charge in [0, 0.05) is 32.7 Å². The van der Waals surface area contributed by atoms with Crippen molar-refractivity contribution in [3.8, 4) is 11.5 Å². The number of carbonyl (C=O) groups excluding carboxylic acids is 2. The Morgan fingerprint density at radius 3 is 1.85 bits per heavy atom. The summed E-state index contributed by atoms with van der Waals surface area (Å²) >= 11 is 0. The van der Waals surface area contributed by atoms with Gasteiger partial charge >= 0.3 is 11.9 Å². The molecule has 178 valence electrons. The van der Waals surface area contributed by atoms with Gasteiger partial charge in [-0.15, -0.1) is 0 Å². The number of hydrogen-bond acceptors (Lipinski definition) is 4. The van der Waals surface area contributed by atoms with Crippen LogP contribution in [0.3, 0.4) is 0 Å². The van der Waals surface area contributed by atoms with Crippen molar-refractivity contribution in [2.75, 3.05) is 0 Å². The first-order valence-corrected chi connectivity index (χ1v) is 12.1. The van der Waals surface area contributed by atoms with Crippen LogP contribution in [-0.2, 0) is 16.0 Å². The first-order chi connectivity index (χ1) is 16.3. The molecule has 3 aromatic carbocycles. The van der Waals surface area contributed by atoms with Crippen LogP contribution in [0.5, 0.6) is 11.5 Å². The second kappa shape index (κ2) is 11.6. The van der Waals surface area contributed by atoms with E-state index in [9.17, 15) is 9.59 Å². The van der Waals surface area contributed by atoms with Gasteiger partial charge in [-0.05, 0) is 32.3 Å². The van der Waals surface area contributed by atoms with Crippen molar-refractivity contribution in [1.82, 2.24) is 0 Å². The van der Waals surface area contributed by atoms with Gasteiger partial charge in [0.1, 0.15) is 11.5 Å². The molecule has 0 aliphatic carbocycles. The molecule has 0 atom stereocenters. The summed E-state index contributed by atoms with van der Waals surface area (Å²) in [6.07, 6.45) is 7.96. The zero-order valence-electron chi connectivity index (χ0n) is 20.5. The highest BCUT2D eigenvalue weighted by Gasteiger charge is 2.22. The lowest BCUT2D eigenvalue weighted by Gasteiger charge is -2.19. The minimum absolute atomic E-state index is 0.318. The number of carbonyl (C=O) groups is 2. The van der Waals surface area contributed by atoms with E-state index in [1.54, 1.807) is 13.8 Å². The van der Waals surface area contributed by atoms with Gasteiger partial charge in [-0.1, -0.05) is 94.7 Å². The lowest BCUT2D eigenvalue weighted by molar-refractivity contribution is -0.130. The van der Waals surface area contributed by atoms with E-state index in [2.05, 4.69) is 26.1 Å². The Morgan fingerprint density at radius 1 is 0.706 bits per heavy atom. The van der Waals surface area contributed by atoms with Gasteiger partial charge in [-0.25, -0.2) is 9.59 Å². The second-order valence-corrected chi connectivity index (χ2v) is 8.90. The molecule has 0 saturated carbocycles. The summed E-state index contributed by atoms with van der Waals surface area (Å²) in [5.41, 5.74) is 1.71. The first-order valence-electron chi connectivity index (χ1n) is 12.1. The first kappa shape index (κ1) is 25.2. The van der Waals surface area contributed by atoms with Crippen LogP contribution in [0.25, 0.3) is 21.5 Å². The van der Waals surface area contributed by atoms with Crippen LogP contribution < -0.4 is 9.47 Å². The molecule has 0 amide bonds. The predicted molar refractivity (Wildman–Crippen MR) is 139 cm³/mol. The largest absolute Gasteiger partial charge is 0.422 e. The van der Waals surface area contributed by atoms with Crippen molar-refractivity contribution in [3.05, 3.63) is 72.3 Å². The lowest BCUT2D eigenvalue weighted by atomic mass is 9.94. The molecule has 0 aliphatic heterocycles. The third-order valence-corrected chi connectivity index (χ3v) is 5.92. The molecule has 0 aromatic heterocycles. The molecule has 3 rings (SSSR count). The number of fused-ring (bicyclic) bond motifs is 2. The number of unbranched alkanes of at least 4 members (excludes halogenated alkanes) is 5. The van der Waals surface area contributed by atoms with E-state index in [1.807, 2.05) is 36.4 Å². The summed E-state index contributed by atoms with van der Waals surface area (Å²) in [7, 11) is 0. The molecule has 0 aliphatic rings. The molecule has 4 nitrogen and oxygen atoms in total. The fourth-order valence-corrected chi connectivity index (χ4v) is 4.10. The maximum Gasteiger partial charge on any atom is 0.338 e. The van der Waals surface area contributed by atoms with Crippen LogP contribution in [-0.4, -0.2) is 11.9 Å². The Bertz CT molecular complexity index is 1240. The SMILES string of the molecule is C=C(C)C(=O)Oc1c2ccccc2c(OC(=O)C(=C)C)c2c(CCCCCCCC)cccc12. The van der Waals surface area contributed by atoms with Crippen LogP contribution in [0.2, 0.25) is 0 Å². The number of ether oxygens (including phenoxy) is 2. The van der Waals surface area contributed by atoms with Crippen molar-refractivity contribution < 1.29 is 19.1 Å². The van der Waals surface area contributed by atoms with Gasteiger partial charge in [0.15, 0.2) is 0 Å². The third-order valence-electron chi connectivity index (χ3n) is 5.92. The lowest BCUT2D eigenvalue weighted by Crippen LogP contribution is -2.12. The summed E-state index contributed by atoms with van der Waals surface area (Å²) in [6, 6.07) is 13.4.